The fraction of sp³-hybridized carbons (Fsp3) is 0.400. The van der Waals surface area contributed by atoms with E-state index in [0.717, 1.165) is 6.07 Å². The molecule has 19 heavy (non-hydrogen) atoms. The van der Waals surface area contributed by atoms with Crippen molar-refractivity contribution in [3.05, 3.63) is 23.9 Å². The van der Waals surface area contributed by atoms with Crippen LogP contribution in [0.4, 0.5) is 19.0 Å². The van der Waals surface area contributed by atoms with Gasteiger partial charge in [0.15, 0.2) is 5.96 Å². The molecule has 1 aromatic heterocycles. The lowest BCUT2D eigenvalue weighted by atomic mass is 10.2. The van der Waals surface area contributed by atoms with Crippen molar-refractivity contribution in [2.24, 2.45) is 10.7 Å². The summed E-state index contributed by atoms with van der Waals surface area (Å²) < 4.78 is 37.8. The minimum Gasteiger partial charge on any atom is -0.370 e. The number of nitrogens with one attached hydrogen (secondary N) is 2. The van der Waals surface area contributed by atoms with E-state index in [4.69, 9.17) is 5.73 Å². The second kappa shape index (κ2) is 8.02. The van der Waals surface area contributed by atoms with Gasteiger partial charge < -0.3 is 16.4 Å². The minimum absolute atomic E-state index is 0. The number of alkyl halides is 3. The minimum atomic E-state index is -4.42. The molecule has 0 radical (unpaired) electrons. The van der Waals surface area contributed by atoms with E-state index < -0.39 is 11.7 Å². The molecule has 0 spiro atoms. The van der Waals surface area contributed by atoms with E-state index in [-0.39, 0.29) is 42.3 Å². The zero-order chi connectivity index (χ0) is 13.6. The molecule has 0 aliphatic rings. The van der Waals surface area contributed by atoms with Gasteiger partial charge in [-0.25, -0.2) is 4.98 Å². The van der Waals surface area contributed by atoms with Crippen LogP contribution in [0.25, 0.3) is 0 Å². The van der Waals surface area contributed by atoms with Gasteiger partial charge in [0.25, 0.3) is 0 Å². The van der Waals surface area contributed by atoms with Gasteiger partial charge in [0.2, 0.25) is 0 Å². The Hall–Kier alpha value is -1.26. The quantitative estimate of drug-likeness (QED) is 0.317. The van der Waals surface area contributed by atoms with Crippen LogP contribution >= 0.6 is 24.0 Å². The van der Waals surface area contributed by atoms with Crippen molar-refractivity contribution in [3.63, 3.8) is 0 Å². The van der Waals surface area contributed by atoms with Gasteiger partial charge in [-0.05, 0) is 12.1 Å². The van der Waals surface area contributed by atoms with Crippen molar-refractivity contribution >= 4 is 35.8 Å². The number of halogens is 4. The van der Waals surface area contributed by atoms with Crippen LogP contribution < -0.4 is 16.4 Å². The van der Waals surface area contributed by atoms with Crippen LogP contribution in [0.15, 0.2) is 23.3 Å². The van der Waals surface area contributed by atoms with E-state index >= 15 is 0 Å². The second-order valence-corrected chi connectivity index (χ2v) is 3.36. The number of anilines is 1. The first kappa shape index (κ1) is 17.7. The Kier molecular flexibility index (Phi) is 7.49. The van der Waals surface area contributed by atoms with Crippen LogP contribution in [0, 0.1) is 0 Å². The second-order valence-electron chi connectivity index (χ2n) is 3.36. The van der Waals surface area contributed by atoms with Gasteiger partial charge in [0.05, 0.1) is 5.56 Å². The van der Waals surface area contributed by atoms with E-state index in [0.29, 0.717) is 6.54 Å². The summed E-state index contributed by atoms with van der Waals surface area (Å²) in [4.78, 5) is 7.31. The first-order valence-corrected chi connectivity index (χ1v) is 5.17. The van der Waals surface area contributed by atoms with E-state index in [1.165, 1.54) is 19.3 Å². The number of nitrogens with two attached hydrogens (primary N) is 1. The number of pyridine rings is 1. The van der Waals surface area contributed by atoms with Gasteiger partial charge in [-0.3, -0.25) is 4.99 Å². The van der Waals surface area contributed by atoms with E-state index in [9.17, 15) is 13.2 Å². The van der Waals surface area contributed by atoms with Crippen molar-refractivity contribution in [3.8, 4) is 0 Å². The molecule has 0 saturated heterocycles. The number of rotatable bonds is 4. The highest BCUT2D eigenvalue weighted by atomic mass is 127. The van der Waals surface area contributed by atoms with Crippen molar-refractivity contribution in [1.82, 2.24) is 10.3 Å². The molecular formula is C10H15F3IN5. The van der Waals surface area contributed by atoms with E-state index in [1.807, 2.05) is 0 Å². The highest BCUT2D eigenvalue weighted by Crippen LogP contribution is 2.33. The van der Waals surface area contributed by atoms with Crippen LogP contribution in [-0.4, -0.2) is 31.1 Å². The zero-order valence-electron chi connectivity index (χ0n) is 10.2. The maximum atomic E-state index is 12.6. The van der Waals surface area contributed by atoms with Gasteiger partial charge in [-0.2, -0.15) is 13.2 Å². The Labute approximate surface area is 125 Å². The third-order valence-corrected chi connectivity index (χ3v) is 2.08. The molecule has 0 unspecified atom stereocenters. The Morgan fingerprint density at radius 2 is 2.11 bits per heavy atom. The standard InChI is InChI=1S/C10H14F3N5.HI/c1-15-9(14)18-6-5-17-8-7(10(11,12)13)3-2-4-16-8;/h2-4H,5-6H2,1H3,(H,16,17)(H3,14,15,18);1H. The smallest absolute Gasteiger partial charge is 0.370 e. The molecule has 5 nitrogen and oxygen atoms in total. The van der Waals surface area contributed by atoms with Crippen molar-refractivity contribution < 1.29 is 13.2 Å². The summed E-state index contributed by atoms with van der Waals surface area (Å²) >= 11 is 0. The van der Waals surface area contributed by atoms with E-state index in [2.05, 4.69) is 20.6 Å². The first-order valence-electron chi connectivity index (χ1n) is 5.17. The van der Waals surface area contributed by atoms with Gasteiger partial charge in [0.1, 0.15) is 5.82 Å². The first-order chi connectivity index (χ1) is 8.45. The molecule has 4 N–H and O–H groups in total. The van der Waals surface area contributed by atoms with Crippen molar-refractivity contribution in [1.29, 1.82) is 0 Å². The predicted molar refractivity (Wildman–Crippen MR) is 78.7 cm³/mol. The fourth-order valence-corrected chi connectivity index (χ4v) is 1.23. The number of guanidine groups is 1. The van der Waals surface area contributed by atoms with Crippen molar-refractivity contribution in [2.75, 3.05) is 25.5 Å². The molecule has 108 valence electrons. The molecule has 0 saturated carbocycles. The summed E-state index contributed by atoms with van der Waals surface area (Å²) in [5, 5.41) is 5.31. The molecular weight excluding hydrogens is 374 g/mol. The fourth-order valence-electron chi connectivity index (χ4n) is 1.23. The number of aliphatic imine (C=N–C) groups is 1. The summed E-state index contributed by atoms with van der Waals surface area (Å²) in [5.74, 6) is 0.0349. The molecule has 0 amide bonds. The Balaban J connectivity index is 0.00000324. The largest absolute Gasteiger partial charge is 0.419 e. The molecule has 0 bridgehead atoms. The van der Waals surface area contributed by atoms with Gasteiger partial charge in [0, 0.05) is 26.3 Å². The Bertz CT molecular complexity index is 422. The number of hydrogen-bond acceptors (Lipinski definition) is 3. The summed E-state index contributed by atoms with van der Waals surface area (Å²) in [6, 6.07) is 2.22. The topological polar surface area (TPSA) is 75.3 Å². The number of nitrogens with zero attached hydrogens (tertiary/aromatic N) is 2. The maximum Gasteiger partial charge on any atom is 0.419 e. The molecule has 0 aromatic carbocycles. The van der Waals surface area contributed by atoms with E-state index in [1.54, 1.807) is 0 Å². The number of aromatic nitrogens is 1. The molecule has 9 heteroatoms. The Morgan fingerprint density at radius 3 is 2.68 bits per heavy atom. The highest BCUT2D eigenvalue weighted by molar-refractivity contribution is 14.0. The Morgan fingerprint density at radius 1 is 1.42 bits per heavy atom. The SMILES string of the molecule is CN=C(N)NCCNc1ncccc1C(F)(F)F.I. The van der Waals surface area contributed by atoms with Crippen LogP contribution in [0.2, 0.25) is 0 Å². The van der Waals surface area contributed by atoms with Crippen LogP contribution in [-0.2, 0) is 6.18 Å². The molecule has 0 fully saturated rings. The monoisotopic (exact) mass is 389 g/mol. The molecule has 0 aliphatic carbocycles. The van der Waals surface area contributed by atoms with Crippen LogP contribution in [0.3, 0.4) is 0 Å². The van der Waals surface area contributed by atoms with Gasteiger partial charge in [-0.15, -0.1) is 24.0 Å². The van der Waals surface area contributed by atoms with Gasteiger partial charge in [-0.1, -0.05) is 0 Å². The van der Waals surface area contributed by atoms with Crippen LogP contribution in [0.5, 0.6) is 0 Å². The average Bonchev–Trinajstić information content (AvgIpc) is 2.33. The molecule has 1 aromatic rings. The molecule has 1 rings (SSSR count). The lowest BCUT2D eigenvalue weighted by Gasteiger charge is -2.13. The van der Waals surface area contributed by atoms with Gasteiger partial charge >= 0.3 is 6.18 Å². The lowest BCUT2D eigenvalue weighted by Crippen LogP contribution is -2.35. The number of hydrogen-bond donors (Lipinski definition) is 3. The highest BCUT2D eigenvalue weighted by Gasteiger charge is 2.33. The summed E-state index contributed by atoms with van der Waals surface area (Å²) in [5.41, 5.74) is 4.58. The average molecular weight is 389 g/mol. The summed E-state index contributed by atoms with van der Waals surface area (Å²) in [6.45, 7) is 0.591. The summed E-state index contributed by atoms with van der Waals surface area (Å²) in [7, 11) is 1.51. The third-order valence-electron chi connectivity index (χ3n) is 2.08. The predicted octanol–water partition coefficient (Wildman–Crippen LogP) is 1.66. The van der Waals surface area contributed by atoms with Crippen molar-refractivity contribution in [2.45, 2.75) is 6.18 Å². The third kappa shape index (κ3) is 5.94. The molecule has 0 atom stereocenters. The zero-order valence-corrected chi connectivity index (χ0v) is 12.5. The summed E-state index contributed by atoms with van der Waals surface area (Å²) in [6.07, 6.45) is -3.12. The van der Waals surface area contributed by atoms with Crippen LogP contribution in [0.1, 0.15) is 5.56 Å². The maximum absolute atomic E-state index is 12.6. The molecule has 1 heterocycles. The lowest BCUT2D eigenvalue weighted by molar-refractivity contribution is -0.137. The molecule has 0 aliphatic heterocycles. The normalized spacial score (nSPS) is 11.7.